The molecule has 0 radical (unpaired) electrons. The fourth-order valence-electron chi connectivity index (χ4n) is 2.69. The van der Waals surface area contributed by atoms with Gasteiger partial charge in [-0.05, 0) is 55.0 Å². The lowest BCUT2D eigenvalue weighted by Crippen LogP contribution is -2.22. The van der Waals surface area contributed by atoms with Crippen LogP contribution >= 0.6 is 0 Å². The number of methoxy groups -OCH3 is 1. The van der Waals surface area contributed by atoms with Gasteiger partial charge in [-0.2, -0.15) is 13.9 Å². The first kappa shape index (κ1) is 19.3. The molecular weight excluding hydrogens is 368 g/mol. The zero-order valence-electron chi connectivity index (χ0n) is 15.4. The van der Waals surface area contributed by atoms with Crippen LogP contribution in [0, 0.1) is 6.92 Å². The Morgan fingerprint density at radius 3 is 2.50 bits per heavy atom. The third-order valence-corrected chi connectivity index (χ3v) is 4.10. The summed E-state index contributed by atoms with van der Waals surface area (Å²) in [6.45, 7) is -0.781. The number of aryl methyl sites for hydroxylation is 1. The van der Waals surface area contributed by atoms with Crippen molar-refractivity contribution in [3.8, 4) is 17.2 Å². The van der Waals surface area contributed by atoms with E-state index in [0.29, 0.717) is 11.1 Å². The van der Waals surface area contributed by atoms with Gasteiger partial charge in [-0.1, -0.05) is 6.07 Å². The smallest absolute Gasteiger partial charge is 0.387 e. The van der Waals surface area contributed by atoms with Crippen LogP contribution in [0.5, 0.6) is 11.5 Å². The van der Waals surface area contributed by atoms with Gasteiger partial charge in [0.15, 0.2) is 11.5 Å². The van der Waals surface area contributed by atoms with E-state index >= 15 is 0 Å². The number of ether oxygens (including phenoxy) is 2. The standard InChI is InChI=1S/C20H19F2N3O3/c1-13-9-10-24-25(13)16-6-4-15(5-7-16)19(26)23-12-14-3-8-17(28-20(21)22)18(11-14)27-2/h3-11,20H,12H2,1-2H3,(H,23,26). The van der Waals surface area contributed by atoms with Gasteiger partial charge in [-0.25, -0.2) is 4.68 Å². The van der Waals surface area contributed by atoms with Gasteiger partial charge in [0.2, 0.25) is 0 Å². The average Bonchev–Trinajstić information content (AvgIpc) is 3.12. The molecule has 0 aliphatic carbocycles. The van der Waals surface area contributed by atoms with Gasteiger partial charge in [0, 0.05) is 24.0 Å². The summed E-state index contributed by atoms with van der Waals surface area (Å²) >= 11 is 0. The number of aromatic nitrogens is 2. The zero-order valence-corrected chi connectivity index (χ0v) is 15.4. The summed E-state index contributed by atoms with van der Waals surface area (Å²) in [4.78, 5) is 12.4. The largest absolute Gasteiger partial charge is 0.493 e. The van der Waals surface area contributed by atoms with Crippen LogP contribution in [0.25, 0.3) is 5.69 Å². The van der Waals surface area contributed by atoms with Crippen molar-refractivity contribution in [1.29, 1.82) is 0 Å². The molecule has 1 aromatic heterocycles. The fraction of sp³-hybridized carbons (Fsp3) is 0.200. The summed E-state index contributed by atoms with van der Waals surface area (Å²) in [5, 5.41) is 7.01. The Kier molecular flexibility index (Phi) is 5.88. The number of nitrogens with one attached hydrogen (secondary N) is 1. The van der Waals surface area contributed by atoms with Gasteiger partial charge in [0.05, 0.1) is 12.8 Å². The molecule has 0 aliphatic rings. The lowest BCUT2D eigenvalue weighted by atomic mass is 10.1. The van der Waals surface area contributed by atoms with Crippen molar-refractivity contribution in [2.24, 2.45) is 0 Å². The highest BCUT2D eigenvalue weighted by molar-refractivity contribution is 5.94. The van der Waals surface area contributed by atoms with E-state index in [0.717, 1.165) is 11.4 Å². The topological polar surface area (TPSA) is 65.4 Å². The van der Waals surface area contributed by atoms with Gasteiger partial charge < -0.3 is 14.8 Å². The van der Waals surface area contributed by atoms with Gasteiger partial charge in [-0.3, -0.25) is 4.79 Å². The van der Waals surface area contributed by atoms with E-state index in [1.54, 1.807) is 35.1 Å². The second-order valence-corrected chi connectivity index (χ2v) is 5.98. The Morgan fingerprint density at radius 1 is 1.14 bits per heavy atom. The van der Waals surface area contributed by atoms with Crippen molar-refractivity contribution in [1.82, 2.24) is 15.1 Å². The normalized spacial score (nSPS) is 10.8. The molecule has 0 spiro atoms. The van der Waals surface area contributed by atoms with Crippen molar-refractivity contribution in [2.45, 2.75) is 20.1 Å². The van der Waals surface area contributed by atoms with E-state index in [1.807, 2.05) is 25.1 Å². The zero-order chi connectivity index (χ0) is 20.1. The van der Waals surface area contributed by atoms with Gasteiger partial charge in [0.25, 0.3) is 5.91 Å². The third-order valence-electron chi connectivity index (χ3n) is 4.10. The molecule has 3 aromatic rings. The van der Waals surface area contributed by atoms with Crippen LogP contribution in [0.2, 0.25) is 0 Å². The van der Waals surface area contributed by atoms with Crippen LogP contribution in [-0.4, -0.2) is 29.4 Å². The molecule has 0 unspecified atom stereocenters. The Labute approximate surface area is 160 Å². The summed E-state index contributed by atoms with van der Waals surface area (Å²) in [5.41, 5.74) is 3.04. The first-order valence-electron chi connectivity index (χ1n) is 8.49. The molecule has 28 heavy (non-hydrogen) atoms. The van der Waals surface area contributed by atoms with E-state index in [9.17, 15) is 13.6 Å². The van der Waals surface area contributed by atoms with E-state index in [4.69, 9.17) is 4.74 Å². The minimum atomic E-state index is -2.94. The lowest BCUT2D eigenvalue weighted by Gasteiger charge is -2.12. The Bertz CT molecular complexity index is 956. The summed E-state index contributed by atoms with van der Waals surface area (Å²) in [6.07, 6.45) is 1.71. The molecule has 0 bridgehead atoms. The monoisotopic (exact) mass is 387 g/mol. The van der Waals surface area contributed by atoms with Crippen LogP contribution in [0.15, 0.2) is 54.7 Å². The number of carbonyl (C=O) groups is 1. The first-order chi connectivity index (χ1) is 13.5. The van der Waals surface area contributed by atoms with Crippen molar-refractivity contribution in [3.63, 3.8) is 0 Å². The van der Waals surface area contributed by atoms with Crippen molar-refractivity contribution >= 4 is 5.91 Å². The average molecular weight is 387 g/mol. The number of alkyl halides is 2. The molecule has 146 valence electrons. The molecule has 0 fully saturated rings. The maximum atomic E-state index is 12.4. The summed E-state index contributed by atoms with van der Waals surface area (Å²) in [5.74, 6) is -0.140. The number of amides is 1. The predicted molar refractivity (Wildman–Crippen MR) is 99.1 cm³/mol. The van der Waals surface area contributed by atoms with Crippen molar-refractivity contribution < 1.29 is 23.0 Å². The quantitative estimate of drug-likeness (QED) is 0.671. The predicted octanol–water partition coefficient (Wildman–Crippen LogP) is 3.72. The maximum absolute atomic E-state index is 12.4. The maximum Gasteiger partial charge on any atom is 0.387 e. The number of hydrogen-bond donors (Lipinski definition) is 1. The molecule has 6 nitrogen and oxygen atoms in total. The molecule has 1 heterocycles. The molecule has 1 amide bonds. The second-order valence-electron chi connectivity index (χ2n) is 5.98. The Balaban J connectivity index is 1.64. The van der Waals surface area contributed by atoms with Crippen LogP contribution in [0.4, 0.5) is 8.78 Å². The highest BCUT2D eigenvalue weighted by atomic mass is 19.3. The number of carbonyl (C=O) groups excluding carboxylic acids is 1. The molecule has 0 saturated heterocycles. The number of halogens is 2. The van der Waals surface area contributed by atoms with Gasteiger partial charge in [0.1, 0.15) is 0 Å². The highest BCUT2D eigenvalue weighted by Crippen LogP contribution is 2.29. The van der Waals surface area contributed by atoms with E-state index in [2.05, 4.69) is 15.2 Å². The first-order valence-corrected chi connectivity index (χ1v) is 8.49. The fourth-order valence-corrected chi connectivity index (χ4v) is 2.69. The minimum absolute atomic E-state index is 0.0583. The van der Waals surface area contributed by atoms with Crippen molar-refractivity contribution in [3.05, 3.63) is 71.5 Å². The molecular formula is C20H19F2N3O3. The summed E-state index contributed by atoms with van der Waals surface area (Å²) < 4.78 is 36.0. The number of rotatable bonds is 7. The molecule has 2 aromatic carbocycles. The van der Waals surface area contributed by atoms with Gasteiger partial charge in [-0.15, -0.1) is 0 Å². The number of nitrogens with zero attached hydrogens (tertiary/aromatic N) is 2. The highest BCUT2D eigenvalue weighted by Gasteiger charge is 2.12. The third kappa shape index (κ3) is 4.46. The van der Waals surface area contributed by atoms with Crippen LogP contribution < -0.4 is 14.8 Å². The molecule has 1 N–H and O–H groups in total. The molecule has 3 rings (SSSR count). The minimum Gasteiger partial charge on any atom is -0.493 e. The summed E-state index contributed by atoms with van der Waals surface area (Å²) in [7, 11) is 1.36. The van der Waals surface area contributed by atoms with Gasteiger partial charge >= 0.3 is 6.61 Å². The van der Waals surface area contributed by atoms with Crippen molar-refractivity contribution in [2.75, 3.05) is 7.11 Å². The van der Waals surface area contributed by atoms with E-state index in [1.165, 1.54) is 13.2 Å². The Hall–Kier alpha value is -3.42. The molecule has 0 saturated carbocycles. The van der Waals surface area contributed by atoms with Crippen LogP contribution in [0.3, 0.4) is 0 Å². The molecule has 8 heteroatoms. The number of hydrogen-bond acceptors (Lipinski definition) is 4. The van der Waals surface area contributed by atoms with E-state index < -0.39 is 6.61 Å². The SMILES string of the molecule is COc1cc(CNC(=O)c2ccc(-n3nccc3C)cc2)ccc1OC(F)F. The van der Waals surface area contributed by atoms with Crippen LogP contribution in [-0.2, 0) is 6.54 Å². The molecule has 0 aliphatic heterocycles. The number of benzene rings is 2. The lowest BCUT2D eigenvalue weighted by molar-refractivity contribution is -0.0512. The van der Waals surface area contributed by atoms with E-state index in [-0.39, 0.29) is 24.0 Å². The summed E-state index contributed by atoms with van der Waals surface area (Å²) in [6, 6.07) is 13.5. The molecule has 0 atom stereocenters. The van der Waals surface area contributed by atoms with Crippen LogP contribution in [0.1, 0.15) is 21.6 Å². The second kappa shape index (κ2) is 8.51. The Morgan fingerprint density at radius 2 is 1.89 bits per heavy atom.